The quantitative estimate of drug-likeness (QED) is 0.855. The zero-order valence-electron chi connectivity index (χ0n) is 11.8. The van der Waals surface area contributed by atoms with Crippen LogP contribution in [0.2, 0.25) is 0 Å². The first-order valence-electron chi connectivity index (χ1n) is 7.21. The Labute approximate surface area is 124 Å². The minimum absolute atomic E-state index is 0.288. The second-order valence-electron chi connectivity index (χ2n) is 5.14. The van der Waals surface area contributed by atoms with Crippen molar-refractivity contribution in [2.45, 2.75) is 12.5 Å². The van der Waals surface area contributed by atoms with Gasteiger partial charge >= 0.3 is 0 Å². The molecular formula is C18H19NO2. The number of hydrogen-bond donors (Lipinski definition) is 2. The monoisotopic (exact) mass is 281 g/mol. The lowest BCUT2D eigenvalue weighted by atomic mass is 10.1. The van der Waals surface area contributed by atoms with Gasteiger partial charge in [0.05, 0.1) is 0 Å². The lowest BCUT2D eigenvalue weighted by molar-refractivity contribution is 0.117. The summed E-state index contributed by atoms with van der Waals surface area (Å²) in [4.78, 5) is 0. The van der Waals surface area contributed by atoms with Crippen molar-refractivity contribution >= 4 is 11.8 Å². The number of anilines is 1. The predicted molar refractivity (Wildman–Crippen MR) is 85.6 cm³/mol. The highest BCUT2D eigenvalue weighted by Crippen LogP contribution is 2.28. The van der Waals surface area contributed by atoms with E-state index in [-0.39, 0.29) is 6.61 Å². The summed E-state index contributed by atoms with van der Waals surface area (Å²) in [6.07, 6.45) is 4.60. The van der Waals surface area contributed by atoms with Gasteiger partial charge in [-0.2, -0.15) is 0 Å². The molecule has 1 aliphatic carbocycles. The molecule has 0 bridgehead atoms. The fourth-order valence-corrected chi connectivity index (χ4v) is 2.43. The van der Waals surface area contributed by atoms with E-state index in [0.29, 0.717) is 6.54 Å². The molecule has 0 aromatic heterocycles. The fourth-order valence-electron chi connectivity index (χ4n) is 2.43. The molecule has 0 amide bonds. The molecular weight excluding hydrogens is 262 g/mol. The van der Waals surface area contributed by atoms with Crippen LogP contribution in [0.25, 0.3) is 6.08 Å². The molecule has 0 saturated carbocycles. The van der Waals surface area contributed by atoms with Gasteiger partial charge in [0, 0.05) is 17.8 Å². The zero-order chi connectivity index (χ0) is 14.5. The Morgan fingerprint density at radius 2 is 1.95 bits per heavy atom. The number of para-hydroxylation sites is 1. The molecule has 21 heavy (non-hydrogen) atoms. The van der Waals surface area contributed by atoms with E-state index in [1.165, 1.54) is 11.1 Å². The van der Waals surface area contributed by atoms with Crippen LogP contribution in [0.15, 0.2) is 54.6 Å². The largest absolute Gasteiger partial charge is 0.491 e. The highest BCUT2D eigenvalue weighted by molar-refractivity contribution is 5.63. The minimum atomic E-state index is -0.546. The van der Waals surface area contributed by atoms with Gasteiger partial charge in [-0.1, -0.05) is 42.5 Å². The number of ether oxygens (including phenoxy) is 1. The third kappa shape index (κ3) is 3.44. The lowest BCUT2D eigenvalue weighted by Crippen LogP contribution is -2.26. The molecule has 0 radical (unpaired) electrons. The summed E-state index contributed by atoms with van der Waals surface area (Å²) in [5.41, 5.74) is 3.42. The molecule has 2 aromatic carbocycles. The average molecular weight is 281 g/mol. The van der Waals surface area contributed by atoms with E-state index in [9.17, 15) is 5.11 Å². The first-order chi connectivity index (χ1) is 10.3. The van der Waals surface area contributed by atoms with Crippen LogP contribution < -0.4 is 10.1 Å². The predicted octanol–water partition coefficient (Wildman–Crippen LogP) is 3.11. The smallest absolute Gasteiger partial charge is 0.123 e. The van der Waals surface area contributed by atoms with Crippen LogP contribution in [0.5, 0.6) is 5.75 Å². The van der Waals surface area contributed by atoms with Crippen molar-refractivity contribution in [3.8, 4) is 5.75 Å². The average Bonchev–Trinajstić information content (AvgIpc) is 3.01. The Bertz CT molecular complexity index is 622. The summed E-state index contributed by atoms with van der Waals surface area (Å²) in [5.74, 6) is 0.872. The van der Waals surface area contributed by atoms with E-state index < -0.39 is 6.10 Å². The molecule has 2 N–H and O–H groups in total. The van der Waals surface area contributed by atoms with Gasteiger partial charge < -0.3 is 15.2 Å². The van der Waals surface area contributed by atoms with Gasteiger partial charge in [0.2, 0.25) is 0 Å². The number of benzene rings is 2. The normalized spacial score (nSPS) is 13.8. The Kier molecular flexibility index (Phi) is 4.22. The van der Waals surface area contributed by atoms with Crippen LogP contribution in [0.1, 0.15) is 11.1 Å². The van der Waals surface area contributed by atoms with Crippen LogP contribution in [0.4, 0.5) is 5.69 Å². The van der Waals surface area contributed by atoms with Gasteiger partial charge in [-0.05, 0) is 30.2 Å². The molecule has 3 heteroatoms. The summed E-state index contributed by atoms with van der Waals surface area (Å²) < 4.78 is 5.77. The first kappa shape index (κ1) is 13.7. The fraction of sp³-hybridized carbons (Fsp3) is 0.222. The lowest BCUT2D eigenvalue weighted by Gasteiger charge is -2.16. The number of fused-ring (bicyclic) bond motifs is 1. The second kappa shape index (κ2) is 6.46. The molecule has 0 fully saturated rings. The summed E-state index contributed by atoms with van der Waals surface area (Å²) in [5, 5.41) is 13.2. The van der Waals surface area contributed by atoms with E-state index in [4.69, 9.17) is 4.74 Å². The molecule has 3 rings (SSSR count). The molecule has 1 atom stereocenters. The molecule has 0 saturated heterocycles. The molecule has 3 nitrogen and oxygen atoms in total. The Hall–Kier alpha value is -2.26. The van der Waals surface area contributed by atoms with Crippen molar-refractivity contribution in [3.63, 3.8) is 0 Å². The highest BCUT2D eigenvalue weighted by Gasteiger charge is 2.12. The van der Waals surface area contributed by atoms with Gasteiger partial charge in [-0.25, -0.2) is 0 Å². The molecule has 0 spiro atoms. The van der Waals surface area contributed by atoms with Crippen LogP contribution in [0, 0.1) is 0 Å². The third-order valence-corrected chi connectivity index (χ3v) is 3.54. The van der Waals surface area contributed by atoms with Crippen molar-refractivity contribution in [1.82, 2.24) is 0 Å². The van der Waals surface area contributed by atoms with Crippen LogP contribution in [0.3, 0.4) is 0 Å². The maximum atomic E-state index is 10.0. The molecule has 2 aromatic rings. The number of aliphatic hydroxyl groups excluding tert-OH is 1. The standard InChI is InChI=1S/C18H19NO2/c20-16(12-19-15-8-2-1-3-9-15)13-21-18-11-5-7-14-6-4-10-17(14)18/h1-9,11,16,19-20H,10,12-13H2. The van der Waals surface area contributed by atoms with Gasteiger partial charge in [0.15, 0.2) is 0 Å². The van der Waals surface area contributed by atoms with Crippen molar-refractivity contribution in [2.75, 3.05) is 18.5 Å². The summed E-state index contributed by atoms with van der Waals surface area (Å²) in [6, 6.07) is 15.9. The zero-order valence-corrected chi connectivity index (χ0v) is 11.8. The Morgan fingerprint density at radius 1 is 1.10 bits per heavy atom. The maximum Gasteiger partial charge on any atom is 0.123 e. The molecule has 0 heterocycles. The number of hydrogen-bond acceptors (Lipinski definition) is 3. The Morgan fingerprint density at radius 3 is 2.81 bits per heavy atom. The summed E-state index contributed by atoms with van der Waals surface area (Å²) in [7, 11) is 0. The van der Waals surface area contributed by atoms with Crippen LogP contribution >= 0.6 is 0 Å². The van der Waals surface area contributed by atoms with Gasteiger partial charge in [0.1, 0.15) is 18.5 Å². The van der Waals surface area contributed by atoms with Gasteiger partial charge in [-0.15, -0.1) is 0 Å². The van der Waals surface area contributed by atoms with Crippen molar-refractivity contribution in [3.05, 3.63) is 65.7 Å². The Balaban J connectivity index is 1.50. The van der Waals surface area contributed by atoms with Gasteiger partial charge in [0.25, 0.3) is 0 Å². The first-order valence-corrected chi connectivity index (χ1v) is 7.21. The summed E-state index contributed by atoms with van der Waals surface area (Å²) in [6.45, 7) is 0.758. The van der Waals surface area contributed by atoms with E-state index in [1.807, 2.05) is 42.5 Å². The molecule has 108 valence electrons. The maximum absolute atomic E-state index is 10.0. The second-order valence-corrected chi connectivity index (χ2v) is 5.14. The number of aliphatic hydroxyl groups is 1. The SMILES string of the molecule is OC(CNc1ccccc1)COc1cccc2c1CC=C2. The third-order valence-electron chi connectivity index (χ3n) is 3.54. The van der Waals surface area contributed by atoms with E-state index in [1.54, 1.807) is 0 Å². The summed E-state index contributed by atoms with van der Waals surface area (Å²) >= 11 is 0. The minimum Gasteiger partial charge on any atom is -0.491 e. The number of nitrogens with one attached hydrogen (secondary N) is 1. The highest BCUT2D eigenvalue weighted by atomic mass is 16.5. The number of rotatable bonds is 6. The van der Waals surface area contributed by atoms with E-state index >= 15 is 0 Å². The van der Waals surface area contributed by atoms with E-state index in [0.717, 1.165) is 17.9 Å². The number of allylic oxidation sites excluding steroid dienone is 1. The van der Waals surface area contributed by atoms with Crippen molar-refractivity contribution < 1.29 is 9.84 Å². The van der Waals surface area contributed by atoms with Crippen LogP contribution in [-0.2, 0) is 6.42 Å². The topological polar surface area (TPSA) is 41.5 Å². The molecule has 1 unspecified atom stereocenters. The molecule has 1 aliphatic rings. The van der Waals surface area contributed by atoms with Crippen LogP contribution in [-0.4, -0.2) is 24.4 Å². The van der Waals surface area contributed by atoms with Crippen molar-refractivity contribution in [1.29, 1.82) is 0 Å². The van der Waals surface area contributed by atoms with E-state index in [2.05, 4.69) is 23.5 Å². The molecule has 0 aliphatic heterocycles. The van der Waals surface area contributed by atoms with Crippen molar-refractivity contribution in [2.24, 2.45) is 0 Å². The van der Waals surface area contributed by atoms with Gasteiger partial charge in [-0.3, -0.25) is 0 Å².